The van der Waals surface area contributed by atoms with Crippen LogP contribution in [0.15, 0.2) is 12.1 Å². The van der Waals surface area contributed by atoms with E-state index in [-0.39, 0.29) is 16.9 Å². The Hall–Kier alpha value is -1.16. The first kappa shape index (κ1) is 15.2. The van der Waals surface area contributed by atoms with Crippen LogP contribution in [-0.4, -0.2) is 17.8 Å². The van der Waals surface area contributed by atoms with Crippen LogP contribution >= 0.6 is 11.6 Å². The molecule has 0 aliphatic heterocycles. The Morgan fingerprint density at radius 1 is 1.35 bits per heavy atom. The molecule has 2 nitrogen and oxygen atoms in total. The summed E-state index contributed by atoms with van der Waals surface area (Å²) in [6.07, 6.45) is 4.04. The summed E-state index contributed by atoms with van der Waals surface area (Å²) in [6.45, 7) is 1.86. The van der Waals surface area contributed by atoms with Crippen molar-refractivity contribution in [3.8, 4) is 0 Å². The quantitative estimate of drug-likeness (QED) is 0.845. The molecule has 1 amide bonds. The minimum atomic E-state index is -0.836. The molecular weight excluding hydrogens is 284 g/mol. The molecule has 2 rings (SSSR count). The van der Waals surface area contributed by atoms with Gasteiger partial charge in [-0.3, -0.25) is 4.79 Å². The van der Waals surface area contributed by atoms with Crippen molar-refractivity contribution in [2.75, 3.05) is 6.54 Å². The first-order valence-corrected chi connectivity index (χ1v) is 7.31. The number of benzene rings is 1. The van der Waals surface area contributed by atoms with E-state index in [4.69, 9.17) is 11.6 Å². The van der Waals surface area contributed by atoms with Crippen molar-refractivity contribution in [1.29, 1.82) is 0 Å². The van der Waals surface area contributed by atoms with Gasteiger partial charge >= 0.3 is 0 Å². The van der Waals surface area contributed by atoms with Gasteiger partial charge in [0, 0.05) is 11.9 Å². The molecule has 0 aromatic heterocycles. The molecule has 1 saturated carbocycles. The van der Waals surface area contributed by atoms with E-state index in [2.05, 4.69) is 5.32 Å². The molecule has 110 valence electrons. The van der Waals surface area contributed by atoms with Gasteiger partial charge in [0.05, 0.1) is 0 Å². The third-order valence-electron chi connectivity index (χ3n) is 3.85. The molecule has 20 heavy (non-hydrogen) atoms. The summed E-state index contributed by atoms with van der Waals surface area (Å²) >= 11 is 6.20. The van der Waals surface area contributed by atoms with Gasteiger partial charge in [0.1, 0.15) is 17.2 Å². The fourth-order valence-electron chi connectivity index (χ4n) is 2.57. The molecule has 1 aromatic carbocycles. The Kier molecular flexibility index (Phi) is 4.97. The number of aryl methyl sites for hydroxylation is 1. The molecule has 5 heteroatoms. The molecular formula is C15H18ClF2NO. The highest BCUT2D eigenvalue weighted by atomic mass is 35.5. The summed E-state index contributed by atoms with van der Waals surface area (Å²) in [5.74, 6) is -2.17. The monoisotopic (exact) mass is 301 g/mol. The van der Waals surface area contributed by atoms with Crippen LogP contribution in [0.1, 0.15) is 41.6 Å². The maximum Gasteiger partial charge on any atom is 0.257 e. The predicted octanol–water partition coefficient (Wildman–Crippen LogP) is 3.80. The predicted molar refractivity (Wildman–Crippen MR) is 75.0 cm³/mol. The maximum absolute atomic E-state index is 13.8. The van der Waals surface area contributed by atoms with Crippen LogP contribution in [0.3, 0.4) is 0 Å². The topological polar surface area (TPSA) is 29.1 Å². The fraction of sp³-hybridized carbons (Fsp3) is 0.533. The molecule has 2 atom stereocenters. The van der Waals surface area contributed by atoms with Crippen LogP contribution in [0.4, 0.5) is 8.78 Å². The van der Waals surface area contributed by atoms with Gasteiger partial charge in [-0.05, 0) is 37.3 Å². The van der Waals surface area contributed by atoms with Gasteiger partial charge < -0.3 is 5.32 Å². The molecule has 1 aliphatic rings. The molecule has 0 heterocycles. The first-order valence-electron chi connectivity index (χ1n) is 6.87. The third kappa shape index (κ3) is 3.29. The highest BCUT2D eigenvalue weighted by Gasteiger charge is 2.25. The smallest absolute Gasteiger partial charge is 0.257 e. The molecule has 1 aromatic rings. The molecule has 1 aliphatic carbocycles. The average Bonchev–Trinajstić information content (AvgIpc) is 2.42. The van der Waals surface area contributed by atoms with Gasteiger partial charge in [0.2, 0.25) is 0 Å². The highest BCUT2D eigenvalue weighted by Crippen LogP contribution is 2.28. The summed E-state index contributed by atoms with van der Waals surface area (Å²) in [6, 6.07) is 2.43. The zero-order valence-electron chi connectivity index (χ0n) is 11.4. The van der Waals surface area contributed by atoms with E-state index in [1.54, 1.807) is 0 Å². The number of rotatable bonds is 3. The molecule has 0 spiro atoms. The van der Waals surface area contributed by atoms with E-state index in [9.17, 15) is 13.6 Å². The van der Waals surface area contributed by atoms with Gasteiger partial charge in [-0.25, -0.2) is 8.78 Å². The van der Waals surface area contributed by atoms with Crippen molar-refractivity contribution in [3.05, 3.63) is 34.9 Å². The van der Waals surface area contributed by atoms with Crippen molar-refractivity contribution in [1.82, 2.24) is 5.32 Å². The molecule has 2 unspecified atom stereocenters. The summed E-state index contributed by atoms with van der Waals surface area (Å²) in [5, 5.41) is 2.63. The van der Waals surface area contributed by atoms with Crippen LogP contribution in [0.5, 0.6) is 0 Å². The number of halogens is 3. The summed E-state index contributed by atoms with van der Waals surface area (Å²) in [5.41, 5.74) is -0.253. The van der Waals surface area contributed by atoms with Gasteiger partial charge in [-0.1, -0.05) is 18.9 Å². The summed E-state index contributed by atoms with van der Waals surface area (Å²) in [7, 11) is 0. The summed E-state index contributed by atoms with van der Waals surface area (Å²) < 4.78 is 27.4. The number of alkyl halides is 1. The number of carbonyl (C=O) groups is 1. The van der Waals surface area contributed by atoms with Crippen LogP contribution in [-0.2, 0) is 0 Å². The van der Waals surface area contributed by atoms with E-state index in [0.29, 0.717) is 6.54 Å². The average molecular weight is 302 g/mol. The lowest BCUT2D eigenvalue weighted by atomic mass is 9.88. The van der Waals surface area contributed by atoms with Crippen molar-refractivity contribution in [2.45, 2.75) is 38.0 Å². The second kappa shape index (κ2) is 6.53. The Morgan fingerprint density at radius 2 is 2.05 bits per heavy atom. The van der Waals surface area contributed by atoms with E-state index in [1.165, 1.54) is 13.0 Å². The number of hydrogen-bond acceptors (Lipinski definition) is 1. The van der Waals surface area contributed by atoms with E-state index >= 15 is 0 Å². The SMILES string of the molecule is Cc1ccc(F)c(C(=O)NCC2CCCCC2Cl)c1F. The van der Waals surface area contributed by atoms with Crippen molar-refractivity contribution < 1.29 is 13.6 Å². The first-order chi connectivity index (χ1) is 9.50. The summed E-state index contributed by atoms with van der Waals surface area (Å²) in [4.78, 5) is 12.0. The Bertz CT molecular complexity index is 507. The number of hydrogen-bond donors (Lipinski definition) is 1. The maximum atomic E-state index is 13.8. The van der Waals surface area contributed by atoms with Crippen molar-refractivity contribution >= 4 is 17.5 Å². The van der Waals surface area contributed by atoms with E-state index < -0.39 is 23.1 Å². The lowest BCUT2D eigenvalue weighted by Crippen LogP contribution is -2.35. The Labute approximate surface area is 122 Å². The van der Waals surface area contributed by atoms with Crippen molar-refractivity contribution in [3.63, 3.8) is 0 Å². The van der Waals surface area contributed by atoms with Crippen molar-refractivity contribution in [2.24, 2.45) is 5.92 Å². The third-order valence-corrected chi connectivity index (χ3v) is 4.43. The highest BCUT2D eigenvalue weighted by molar-refractivity contribution is 6.20. The second-order valence-electron chi connectivity index (χ2n) is 5.32. The lowest BCUT2D eigenvalue weighted by Gasteiger charge is -2.27. The number of amides is 1. The Morgan fingerprint density at radius 3 is 2.75 bits per heavy atom. The molecule has 0 saturated heterocycles. The Balaban J connectivity index is 2.03. The minimum absolute atomic E-state index is 0.0243. The zero-order chi connectivity index (χ0) is 14.7. The van der Waals surface area contributed by atoms with E-state index in [1.807, 2.05) is 0 Å². The lowest BCUT2D eigenvalue weighted by molar-refractivity contribution is 0.0935. The molecule has 1 fully saturated rings. The molecule has 1 N–H and O–H groups in total. The molecule has 0 bridgehead atoms. The van der Waals surface area contributed by atoms with Crippen LogP contribution < -0.4 is 5.32 Å². The fourth-order valence-corrected chi connectivity index (χ4v) is 2.94. The number of nitrogens with one attached hydrogen (secondary N) is 1. The largest absolute Gasteiger partial charge is 0.352 e. The number of carbonyl (C=O) groups excluding carboxylic acids is 1. The van der Waals surface area contributed by atoms with Crippen LogP contribution in [0.2, 0.25) is 0 Å². The normalized spacial score (nSPS) is 22.6. The van der Waals surface area contributed by atoms with Gasteiger partial charge in [0.15, 0.2) is 0 Å². The second-order valence-corrected chi connectivity index (χ2v) is 5.88. The minimum Gasteiger partial charge on any atom is -0.352 e. The van der Waals surface area contributed by atoms with Gasteiger partial charge in [-0.15, -0.1) is 11.6 Å². The molecule has 0 radical (unpaired) electrons. The van der Waals surface area contributed by atoms with Gasteiger partial charge in [0.25, 0.3) is 5.91 Å². The standard InChI is InChI=1S/C15H18ClF2NO/c1-9-6-7-12(17)13(14(9)18)15(20)19-8-10-4-2-3-5-11(10)16/h6-7,10-11H,2-5,8H2,1H3,(H,19,20). The zero-order valence-corrected chi connectivity index (χ0v) is 12.1. The van der Waals surface area contributed by atoms with Crippen LogP contribution in [0.25, 0.3) is 0 Å². The van der Waals surface area contributed by atoms with Crippen LogP contribution in [0, 0.1) is 24.5 Å². The van der Waals surface area contributed by atoms with Gasteiger partial charge in [-0.2, -0.15) is 0 Å². The van der Waals surface area contributed by atoms with E-state index in [0.717, 1.165) is 31.7 Å².